The van der Waals surface area contributed by atoms with Crippen molar-refractivity contribution in [3.8, 4) is 0 Å². The van der Waals surface area contributed by atoms with E-state index in [0.717, 1.165) is 38.2 Å². The number of aromatic nitrogens is 1. The number of thiophene rings is 1. The van der Waals surface area contributed by atoms with Crippen LogP contribution in [0.25, 0.3) is 0 Å². The zero-order chi connectivity index (χ0) is 17.2. The van der Waals surface area contributed by atoms with Crippen molar-refractivity contribution >= 4 is 22.9 Å². The van der Waals surface area contributed by atoms with E-state index in [1.165, 1.54) is 9.75 Å². The molecule has 0 bridgehead atoms. The zero-order valence-electron chi connectivity index (χ0n) is 14.4. The number of hydrogen-bond acceptors (Lipinski definition) is 5. The van der Waals surface area contributed by atoms with Gasteiger partial charge in [-0.25, -0.2) is 0 Å². The number of carbonyl (C=O) groups is 1. The van der Waals surface area contributed by atoms with Crippen LogP contribution in [0.2, 0.25) is 0 Å². The van der Waals surface area contributed by atoms with Gasteiger partial charge in [-0.3, -0.25) is 14.7 Å². The molecule has 2 aromatic heterocycles. The summed E-state index contributed by atoms with van der Waals surface area (Å²) in [6, 6.07) is 8.50. The number of nitrogens with zero attached hydrogens (tertiary/aromatic N) is 2. The molecule has 1 N–H and O–H groups in total. The summed E-state index contributed by atoms with van der Waals surface area (Å²) in [7, 11) is 0. The summed E-state index contributed by atoms with van der Waals surface area (Å²) in [6.45, 7) is 4.62. The molecule has 0 spiro atoms. The van der Waals surface area contributed by atoms with Crippen molar-refractivity contribution in [1.82, 2.24) is 9.88 Å². The molecule has 5 nitrogen and oxygen atoms in total. The van der Waals surface area contributed by atoms with Crippen molar-refractivity contribution in [3.05, 3.63) is 46.4 Å². The Morgan fingerprint density at radius 1 is 1.44 bits per heavy atom. The molecule has 0 saturated carbocycles. The molecular formula is C19H23N3O2S. The first-order chi connectivity index (χ1) is 12.2. The van der Waals surface area contributed by atoms with E-state index in [1.807, 2.05) is 23.5 Å². The number of likely N-dealkylation sites (tertiary alicyclic amines) is 1. The molecule has 3 atom stereocenters. The molecule has 2 aliphatic rings. The van der Waals surface area contributed by atoms with E-state index in [2.05, 4.69) is 34.3 Å². The Morgan fingerprint density at radius 3 is 3.12 bits per heavy atom. The van der Waals surface area contributed by atoms with Crippen LogP contribution in [-0.4, -0.2) is 41.1 Å². The number of ether oxygens (including phenoxy) is 1. The first kappa shape index (κ1) is 16.7. The highest BCUT2D eigenvalue weighted by Gasteiger charge is 2.42. The van der Waals surface area contributed by atoms with E-state index in [0.29, 0.717) is 6.04 Å². The number of nitrogens with one attached hydrogen (secondary N) is 1. The highest BCUT2D eigenvalue weighted by atomic mass is 32.1. The standard InChI is InChI=1S/C19H23N3O2S/c1-13-4-5-16(25-13)12-22-11-14(9-18-17(22)6-8-24-18)19(23)21-15-3-2-7-20-10-15/h2-5,7,10,14,17-18H,6,8-9,11-12H2,1H3,(H,21,23)/t14-,17+,18+/m1/s1. The van der Waals surface area contributed by atoms with Crippen LogP contribution in [0.1, 0.15) is 22.6 Å². The predicted octanol–water partition coefficient (Wildman–Crippen LogP) is 3.07. The minimum atomic E-state index is -0.0550. The number of pyridine rings is 1. The van der Waals surface area contributed by atoms with Gasteiger partial charge in [0, 0.05) is 41.7 Å². The van der Waals surface area contributed by atoms with Crippen LogP contribution in [0.3, 0.4) is 0 Å². The molecule has 0 radical (unpaired) electrons. The minimum absolute atomic E-state index is 0.0550. The second kappa shape index (κ2) is 7.23. The number of amides is 1. The second-order valence-corrected chi connectivity index (χ2v) is 8.24. The maximum absolute atomic E-state index is 12.7. The molecule has 0 aromatic carbocycles. The van der Waals surface area contributed by atoms with Gasteiger partial charge in [-0.1, -0.05) is 0 Å². The fourth-order valence-corrected chi connectivity index (χ4v) is 4.79. The predicted molar refractivity (Wildman–Crippen MR) is 98.6 cm³/mol. The van der Waals surface area contributed by atoms with Crippen LogP contribution in [0.5, 0.6) is 0 Å². The quantitative estimate of drug-likeness (QED) is 0.914. The van der Waals surface area contributed by atoms with Crippen LogP contribution >= 0.6 is 11.3 Å². The van der Waals surface area contributed by atoms with Gasteiger partial charge in [0.2, 0.25) is 5.91 Å². The molecule has 25 heavy (non-hydrogen) atoms. The summed E-state index contributed by atoms with van der Waals surface area (Å²) < 4.78 is 5.93. The van der Waals surface area contributed by atoms with Crippen LogP contribution in [0, 0.1) is 12.8 Å². The van der Waals surface area contributed by atoms with E-state index in [4.69, 9.17) is 4.74 Å². The molecule has 0 aliphatic carbocycles. The summed E-state index contributed by atoms with van der Waals surface area (Å²) in [6.07, 6.45) is 5.42. The molecular weight excluding hydrogens is 334 g/mol. The van der Waals surface area contributed by atoms with Gasteiger partial charge in [-0.15, -0.1) is 11.3 Å². The molecule has 2 saturated heterocycles. The van der Waals surface area contributed by atoms with Gasteiger partial charge in [-0.2, -0.15) is 0 Å². The summed E-state index contributed by atoms with van der Waals surface area (Å²) in [5, 5.41) is 3.00. The van der Waals surface area contributed by atoms with E-state index < -0.39 is 0 Å². The highest BCUT2D eigenvalue weighted by molar-refractivity contribution is 7.11. The fourth-order valence-electron chi connectivity index (χ4n) is 3.88. The molecule has 2 aromatic rings. The van der Waals surface area contributed by atoms with Crippen LogP contribution in [-0.2, 0) is 16.1 Å². The molecule has 6 heteroatoms. The Hall–Kier alpha value is -1.76. The molecule has 0 unspecified atom stereocenters. The average Bonchev–Trinajstić information content (AvgIpc) is 3.24. The lowest BCUT2D eigenvalue weighted by molar-refractivity contribution is -0.124. The molecule has 2 aliphatic heterocycles. The number of carbonyl (C=O) groups excluding carboxylic acids is 1. The average molecular weight is 357 g/mol. The maximum Gasteiger partial charge on any atom is 0.228 e. The molecule has 132 valence electrons. The summed E-state index contributed by atoms with van der Waals surface area (Å²) in [5.41, 5.74) is 0.752. The van der Waals surface area contributed by atoms with Crippen molar-refractivity contribution < 1.29 is 9.53 Å². The normalized spacial score (nSPS) is 26.4. The van der Waals surface area contributed by atoms with Crippen molar-refractivity contribution in [2.45, 2.75) is 38.5 Å². The Morgan fingerprint density at radius 2 is 2.36 bits per heavy atom. The van der Waals surface area contributed by atoms with Gasteiger partial charge in [0.25, 0.3) is 0 Å². The van der Waals surface area contributed by atoms with E-state index in [1.54, 1.807) is 12.4 Å². The zero-order valence-corrected chi connectivity index (χ0v) is 15.2. The first-order valence-electron chi connectivity index (χ1n) is 8.81. The third-order valence-corrected chi connectivity index (χ3v) is 6.06. The van der Waals surface area contributed by atoms with Crippen molar-refractivity contribution in [3.63, 3.8) is 0 Å². The van der Waals surface area contributed by atoms with Gasteiger partial charge >= 0.3 is 0 Å². The minimum Gasteiger partial charge on any atom is -0.377 e. The number of piperidine rings is 1. The lowest BCUT2D eigenvalue weighted by atomic mass is 9.89. The number of rotatable bonds is 4. The topological polar surface area (TPSA) is 54.5 Å². The van der Waals surface area contributed by atoms with Crippen LogP contribution < -0.4 is 5.32 Å². The Balaban J connectivity index is 1.46. The van der Waals surface area contributed by atoms with Gasteiger partial charge in [0.15, 0.2) is 0 Å². The van der Waals surface area contributed by atoms with Crippen molar-refractivity contribution in [1.29, 1.82) is 0 Å². The highest BCUT2D eigenvalue weighted by Crippen LogP contribution is 2.33. The third kappa shape index (κ3) is 3.76. The van der Waals surface area contributed by atoms with Gasteiger partial charge in [0.05, 0.1) is 23.9 Å². The smallest absolute Gasteiger partial charge is 0.228 e. The van der Waals surface area contributed by atoms with E-state index in [9.17, 15) is 4.79 Å². The van der Waals surface area contributed by atoms with Crippen LogP contribution in [0.15, 0.2) is 36.7 Å². The Kier molecular flexibility index (Phi) is 4.83. The largest absolute Gasteiger partial charge is 0.377 e. The Bertz CT molecular complexity index is 733. The molecule has 2 fully saturated rings. The summed E-state index contributed by atoms with van der Waals surface area (Å²) >= 11 is 1.84. The summed E-state index contributed by atoms with van der Waals surface area (Å²) in [4.78, 5) is 21.9. The number of anilines is 1. The first-order valence-corrected chi connectivity index (χ1v) is 9.62. The Labute approximate surface area is 152 Å². The second-order valence-electron chi connectivity index (χ2n) is 6.87. The summed E-state index contributed by atoms with van der Waals surface area (Å²) in [5.74, 6) is 0.00919. The molecule has 4 heterocycles. The van der Waals surface area contributed by atoms with Crippen molar-refractivity contribution in [2.24, 2.45) is 5.92 Å². The van der Waals surface area contributed by atoms with E-state index in [-0.39, 0.29) is 17.9 Å². The van der Waals surface area contributed by atoms with Crippen LogP contribution in [0.4, 0.5) is 5.69 Å². The van der Waals surface area contributed by atoms with Crippen molar-refractivity contribution in [2.75, 3.05) is 18.5 Å². The lowest BCUT2D eigenvalue weighted by Gasteiger charge is -2.40. The van der Waals surface area contributed by atoms with Gasteiger partial charge in [-0.05, 0) is 44.0 Å². The number of aryl methyl sites for hydroxylation is 1. The number of fused-ring (bicyclic) bond motifs is 1. The number of hydrogen-bond donors (Lipinski definition) is 1. The fraction of sp³-hybridized carbons (Fsp3) is 0.474. The SMILES string of the molecule is Cc1ccc(CN2C[C@H](C(=O)Nc3cccnc3)C[C@@H]3OCC[C@@H]32)s1. The lowest BCUT2D eigenvalue weighted by Crippen LogP contribution is -2.51. The molecule has 1 amide bonds. The third-order valence-electron chi connectivity index (χ3n) is 5.07. The monoisotopic (exact) mass is 357 g/mol. The van der Waals surface area contributed by atoms with Gasteiger partial charge < -0.3 is 10.1 Å². The van der Waals surface area contributed by atoms with E-state index >= 15 is 0 Å². The molecule has 4 rings (SSSR count). The van der Waals surface area contributed by atoms with Gasteiger partial charge in [0.1, 0.15) is 0 Å². The maximum atomic E-state index is 12.7.